The fourth-order valence-corrected chi connectivity index (χ4v) is 3.50. The van der Waals surface area contributed by atoms with Crippen LogP contribution in [-0.2, 0) is 20.2 Å². The van der Waals surface area contributed by atoms with Gasteiger partial charge in [-0.3, -0.25) is 9.11 Å². The summed E-state index contributed by atoms with van der Waals surface area (Å²) in [6.07, 6.45) is 0. The van der Waals surface area contributed by atoms with E-state index < -0.39 is 25.1 Å². The summed E-state index contributed by atoms with van der Waals surface area (Å²) < 4.78 is 68.8. The molecule has 0 saturated carbocycles. The van der Waals surface area contributed by atoms with E-state index in [4.69, 9.17) is 9.29 Å². The highest BCUT2D eigenvalue weighted by Gasteiger charge is 2.20. The molecule has 0 amide bonds. The molecule has 0 fully saturated rings. The third-order valence-electron chi connectivity index (χ3n) is 2.97. The molecule has 0 radical (unpaired) electrons. The SMILES string of the molecule is COc1cc(S(=O)(=O)O)c2c(C)cc(S(=O)(=O)O)cc2c1. The number of rotatable bonds is 3. The molecule has 0 atom stereocenters. The second kappa shape index (κ2) is 4.95. The first kappa shape index (κ1) is 15.7. The highest BCUT2D eigenvalue weighted by molar-refractivity contribution is 7.86. The molecule has 2 aromatic carbocycles. The molecule has 114 valence electrons. The molecule has 0 aromatic heterocycles. The first-order valence-corrected chi connectivity index (χ1v) is 8.49. The maximum Gasteiger partial charge on any atom is 0.295 e. The van der Waals surface area contributed by atoms with E-state index in [1.165, 1.54) is 20.1 Å². The Bertz CT molecular complexity index is 928. The van der Waals surface area contributed by atoms with Crippen LogP contribution in [0.2, 0.25) is 0 Å². The highest BCUT2D eigenvalue weighted by Crippen LogP contribution is 2.33. The molecule has 2 N–H and O–H groups in total. The molecule has 2 rings (SSSR count). The predicted molar refractivity (Wildman–Crippen MR) is 74.9 cm³/mol. The zero-order valence-electron chi connectivity index (χ0n) is 11.1. The largest absolute Gasteiger partial charge is 0.497 e. The Morgan fingerprint density at radius 3 is 2.05 bits per heavy atom. The van der Waals surface area contributed by atoms with E-state index in [9.17, 15) is 21.4 Å². The van der Waals surface area contributed by atoms with Gasteiger partial charge in [0.25, 0.3) is 20.2 Å². The van der Waals surface area contributed by atoms with Gasteiger partial charge in [0, 0.05) is 11.5 Å². The summed E-state index contributed by atoms with van der Waals surface area (Å²) in [5, 5.41) is 0.361. The van der Waals surface area contributed by atoms with Gasteiger partial charge in [0.15, 0.2) is 0 Å². The Labute approximate surface area is 121 Å². The molecule has 0 aliphatic heterocycles. The summed E-state index contributed by atoms with van der Waals surface area (Å²) in [6.45, 7) is 1.47. The van der Waals surface area contributed by atoms with Gasteiger partial charge in [0.05, 0.1) is 12.0 Å². The van der Waals surface area contributed by atoms with Crippen LogP contribution in [0.3, 0.4) is 0 Å². The molecular formula is C12H12O7S2. The Hall–Kier alpha value is -1.68. The van der Waals surface area contributed by atoms with Crippen LogP contribution in [-0.4, -0.2) is 33.1 Å². The summed E-state index contributed by atoms with van der Waals surface area (Å²) in [5.74, 6) is 0.127. The maximum absolute atomic E-state index is 11.5. The van der Waals surface area contributed by atoms with Gasteiger partial charge in [-0.1, -0.05) is 0 Å². The van der Waals surface area contributed by atoms with Gasteiger partial charge in [0.1, 0.15) is 10.6 Å². The van der Waals surface area contributed by atoms with Gasteiger partial charge < -0.3 is 4.74 Å². The Kier molecular flexibility index (Phi) is 3.70. The first-order valence-electron chi connectivity index (χ1n) is 5.61. The zero-order valence-corrected chi connectivity index (χ0v) is 12.7. The van der Waals surface area contributed by atoms with Crippen molar-refractivity contribution < 1.29 is 30.7 Å². The summed E-state index contributed by atoms with van der Waals surface area (Å²) in [6, 6.07) is 4.77. The van der Waals surface area contributed by atoms with Crippen molar-refractivity contribution >= 4 is 31.0 Å². The van der Waals surface area contributed by atoms with E-state index in [0.29, 0.717) is 0 Å². The Balaban J connectivity index is 3.02. The zero-order chi connectivity index (χ0) is 16.0. The summed E-state index contributed by atoms with van der Waals surface area (Å²) in [4.78, 5) is -0.765. The van der Waals surface area contributed by atoms with Gasteiger partial charge >= 0.3 is 0 Å². The van der Waals surface area contributed by atoms with Crippen LogP contribution >= 0.6 is 0 Å². The maximum atomic E-state index is 11.5. The smallest absolute Gasteiger partial charge is 0.295 e. The van der Waals surface area contributed by atoms with Gasteiger partial charge in [-0.2, -0.15) is 16.8 Å². The molecule has 21 heavy (non-hydrogen) atoms. The fourth-order valence-electron chi connectivity index (χ4n) is 2.10. The van der Waals surface area contributed by atoms with Crippen LogP contribution < -0.4 is 4.74 Å². The molecule has 0 unspecified atom stereocenters. The van der Waals surface area contributed by atoms with Gasteiger partial charge in [0.2, 0.25) is 0 Å². The van der Waals surface area contributed by atoms with Crippen molar-refractivity contribution in [1.82, 2.24) is 0 Å². The van der Waals surface area contributed by atoms with Crippen LogP contribution in [0, 0.1) is 6.92 Å². The van der Waals surface area contributed by atoms with Gasteiger partial charge in [-0.25, -0.2) is 0 Å². The van der Waals surface area contributed by atoms with Crippen LogP contribution in [0.5, 0.6) is 5.75 Å². The molecule has 9 heteroatoms. The summed E-state index contributed by atoms with van der Waals surface area (Å²) >= 11 is 0. The lowest BCUT2D eigenvalue weighted by Gasteiger charge is -2.11. The number of fused-ring (bicyclic) bond motifs is 1. The van der Waals surface area contributed by atoms with Crippen molar-refractivity contribution in [2.24, 2.45) is 0 Å². The third kappa shape index (κ3) is 3.00. The number of aryl methyl sites for hydroxylation is 1. The number of ether oxygens (including phenoxy) is 1. The number of methoxy groups -OCH3 is 1. The number of benzene rings is 2. The average molecular weight is 332 g/mol. The van der Waals surface area contributed by atoms with E-state index in [1.807, 2.05) is 0 Å². The van der Waals surface area contributed by atoms with E-state index >= 15 is 0 Å². The lowest BCUT2D eigenvalue weighted by Crippen LogP contribution is -2.03. The third-order valence-corrected chi connectivity index (χ3v) is 4.68. The molecule has 7 nitrogen and oxygen atoms in total. The highest BCUT2D eigenvalue weighted by atomic mass is 32.2. The van der Waals surface area contributed by atoms with Gasteiger partial charge in [-0.15, -0.1) is 0 Å². The quantitative estimate of drug-likeness (QED) is 0.820. The van der Waals surface area contributed by atoms with Crippen molar-refractivity contribution in [3.63, 3.8) is 0 Å². The average Bonchev–Trinajstić information content (AvgIpc) is 2.34. The van der Waals surface area contributed by atoms with E-state index in [-0.39, 0.29) is 27.0 Å². The minimum absolute atomic E-state index is 0.127. The summed E-state index contributed by atoms with van der Waals surface area (Å²) in [7, 11) is -7.66. The molecule has 0 spiro atoms. The van der Waals surface area contributed by atoms with Gasteiger partial charge in [-0.05, 0) is 36.1 Å². The normalized spacial score (nSPS) is 12.6. The topological polar surface area (TPSA) is 118 Å². The van der Waals surface area contributed by atoms with E-state index in [1.54, 1.807) is 0 Å². The van der Waals surface area contributed by atoms with E-state index in [2.05, 4.69) is 0 Å². The molecular weight excluding hydrogens is 320 g/mol. The van der Waals surface area contributed by atoms with Crippen molar-refractivity contribution in [2.75, 3.05) is 7.11 Å². The second-order valence-electron chi connectivity index (χ2n) is 4.41. The standard InChI is InChI=1S/C12H12O7S2/c1-7-3-10(20(13,14)15)5-8-4-9(19-2)6-11(12(7)8)21(16,17)18/h3-6H,1-2H3,(H,13,14,15)(H,16,17,18). The molecule has 0 heterocycles. The monoisotopic (exact) mass is 332 g/mol. The van der Waals surface area contributed by atoms with Crippen LogP contribution in [0.4, 0.5) is 0 Å². The van der Waals surface area contributed by atoms with Crippen molar-refractivity contribution in [1.29, 1.82) is 0 Å². The van der Waals surface area contributed by atoms with Crippen LogP contribution in [0.15, 0.2) is 34.1 Å². The first-order chi connectivity index (χ1) is 9.54. The Morgan fingerprint density at radius 2 is 1.57 bits per heavy atom. The van der Waals surface area contributed by atoms with Crippen molar-refractivity contribution in [2.45, 2.75) is 16.7 Å². The van der Waals surface area contributed by atoms with Crippen LogP contribution in [0.1, 0.15) is 5.56 Å². The second-order valence-corrected chi connectivity index (χ2v) is 7.23. The minimum atomic E-state index is -4.52. The lowest BCUT2D eigenvalue weighted by atomic mass is 10.1. The molecule has 2 aromatic rings. The van der Waals surface area contributed by atoms with Crippen LogP contribution in [0.25, 0.3) is 10.8 Å². The van der Waals surface area contributed by atoms with Crippen molar-refractivity contribution in [3.05, 3.63) is 29.8 Å². The van der Waals surface area contributed by atoms with Crippen molar-refractivity contribution in [3.8, 4) is 5.75 Å². The lowest BCUT2D eigenvalue weighted by molar-refractivity contribution is 0.413. The minimum Gasteiger partial charge on any atom is -0.497 e. The molecule has 0 aliphatic carbocycles. The molecule has 0 saturated heterocycles. The predicted octanol–water partition coefficient (Wildman–Crippen LogP) is 1.65. The summed E-state index contributed by atoms with van der Waals surface area (Å²) in [5.41, 5.74) is 0.274. The number of hydrogen-bond donors (Lipinski definition) is 2. The molecule has 0 aliphatic rings. The number of hydrogen-bond acceptors (Lipinski definition) is 5. The van der Waals surface area contributed by atoms with E-state index in [0.717, 1.165) is 18.2 Å². The Morgan fingerprint density at radius 1 is 0.952 bits per heavy atom. The fraction of sp³-hybridized carbons (Fsp3) is 0.167. The molecule has 0 bridgehead atoms.